The number of rotatable bonds is 4. The van der Waals surface area contributed by atoms with Gasteiger partial charge in [-0.15, -0.1) is 0 Å². The number of aromatic nitrogens is 1. The molecule has 0 amide bonds. The summed E-state index contributed by atoms with van der Waals surface area (Å²) in [5.74, 6) is -3.01. The summed E-state index contributed by atoms with van der Waals surface area (Å²) >= 11 is 5.60. The van der Waals surface area contributed by atoms with Gasteiger partial charge in [-0.05, 0) is 6.92 Å². The fraction of sp³-hybridized carbons (Fsp3) is 0.417. The minimum atomic E-state index is -5.27. The average Bonchev–Trinajstić information content (AvgIpc) is 2.44. The normalized spacial score (nSPS) is 11.5. The Morgan fingerprint density at radius 3 is 2.17 bits per heavy atom. The van der Waals surface area contributed by atoms with Crippen molar-refractivity contribution < 1.29 is 41.0 Å². The first kappa shape index (κ1) is 19.1. The number of halogens is 6. The van der Waals surface area contributed by atoms with E-state index in [4.69, 9.17) is 11.6 Å². The molecule has 0 bridgehead atoms. The number of esters is 2. The monoisotopic (exact) mass is 361 g/mol. The van der Waals surface area contributed by atoms with Gasteiger partial charge in [-0.2, -0.15) is 13.2 Å². The fourth-order valence-electron chi connectivity index (χ4n) is 1.62. The van der Waals surface area contributed by atoms with Crippen LogP contribution in [0.3, 0.4) is 0 Å². The predicted molar refractivity (Wildman–Crippen MR) is 66.5 cm³/mol. The number of carbonyl (C=O) groups excluding carboxylic acids is 2. The van der Waals surface area contributed by atoms with Gasteiger partial charge >= 0.3 is 18.1 Å². The van der Waals surface area contributed by atoms with E-state index in [-0.39, 0.29) is 6.61 Å². The van der Waals surface area contributed by atoms with Crippen LogP contribution in [-0.4, -0.2) is 30.6 Å². The summed E-state index contributed by atoms with van der Waals surface area (Å²) < 4.78 is 73.5. The van der Waals surface area contributed by atoms with Gasteiger partial charge in [0.15, 0.2) is 5.69 Å². The summed E-state index contributed by atoms with van der Waals surface area (Å²) in [5, 5.41) is -1.16. The highest BCUT2D eigenvalue weighted by Crippen LogP contribution is 2.39. The molecule has 0 fully saturated rings. The minimum Gasteiger partial charge on any atom is -0.465 e. The molecule has 1 aromatic heterocycles. The quantitative estimate of drug-likeness (QED) is 0.605. The maximum Gasteiger partial charge on any atom is 0.434 e. The molecule has 0 spiro atoms. The Bertz CT molecular complexity index is 633. The molecule has 1 heterocycles. The standard InChI is InChI=1S/C12H9ClF5NO4/c1-3-23-11(21)5-6(13)4(10(20)22-2)7(9(14)15)19-8(5)12(16,17)18/h9H,3H2,1-2H3. The maximum absolute atomic E-state index is 13.0. The lowest BCUT2D eigenvalue weighted by molar-refractivity contribution is -0.142. The molecule has 0 saturated carbocycles. The Kier molecular flexibility index (Phi) is 5.86. The van der Waals surface area contributed by atoms with E-state index in [0.29, 0.717) is 0 Å². The van der Waals surface area contributed by atoms with Crippen LogP contribution in [0.25, 0.3) is 0 Å². The molecule has 0 aromatic carbocycles. The second-order valence-electron chi connectivity index (χ2n) is 3.92. The van der Waals surface area contributed by atoms with E-state index >= 15 is 0 Å². The molecule has 11 heteroatoms. The molecule has 0 saturated heterocycles. The summed E-state index contributed by atoms with van der Waals surface area (Å²) in [7, 11) is 0.801. The third-order valence-electron chi connectivity index (χ3n) is 2.51. The number of hydrogen-bond acceptors (Lipinski definition) is 5. The number of ether oxygens (including phenoxy) is 2. The van der Waals surface area contributed by atoms with Crippen LogP contribution < -0.4 is 0 Å². The lowest BCUT2D eigenvalue weighted by Crippen LogP contribution is -2.22. The van der Waals surface area contributed by atoms with Gasteiger partial charge in [-0.25, -0.2) is 23.4 Å². The second-order valence-corrected chi connectivity index (χ2v) is 4.30. The van der Waals surface area contributed by atoms with Crippen molar-refractivity contribution in [1.82, 2.24) is 4.98 Å². The van der Waals surface area contributed by atoms with Crippen molar-refractivity contribution >= 4 is 23.5 Å². The highest BCUT2D eigenvalue weighted by atomic mass is 35.5. The molecule has 23 heavy (non-hydrogen) atoms. The van der Waals surface area contributed by atoms with Crippen LogP contribution in [0.4, 0.5) is 22.0 Å². The maximum atomic E-state index is 13.0. The van der Waals surface area contributed by atoms with E-state index in [2.05, 4.69) is 14.5 Å². The number of carbonyl (C=O) groups is 2. The van der Waals surface area contributed by atoms with E-state index in [1.807, 2.05) is 0 Å². The Morgan fingerprint density at radius 1 is 1.22 bits per heavy atom. The molecule has 5 nitrogen and oxygen atoms in total. The predicted octanol–water partition coefficient (Wildman–Crippen LogP) is 3.65. The molecule has 0 aliphatic heterocycles. The van der Waals surface area contributed by atoms with Crippen molar-refractivity contribution in [3.8, 4) is 0 Å². The first-order valence-electron chi connectivity index (χ1n) is 5.90. The lowest BCUT2D eigenvalue weighted by atomic mass is 10.1. The molecule has 1 rings (SSSR count). The average molecular weight is 362 g/mol. The van der Waals surface area contributed by atoms with Crippen LogP contribution >= 0.6 is 11.6 Å². The van der Waals surface area contributed by atoms with Crippen LogP contribution in [0.15, 0.2) is 0 Å². The Balaban J connectivity index is 3.85. The van der Waals surface area contributed by atoms with Crippen LogP contribution in [-0.2, 0) is 15.7 Å². The van der Waals surface area contributed by atoms with Crippen molar-refractivity contribution in [2.45, 2.75) is 19.5 Å². The van der Waals surface area contributed by atoms with Gasteiger partial charge in [-0.3, -0.25) is 0 Å². The Hall–Kier alpha value is -1.97. The van der Waals surface area contributed by atoms with Gasteiger partial charge in [-0.1, -0.05) is 11.6 Å². The zero-order valence-corrected chi connectivity index (χ0v) is 12.4. The number of pyridine rings is 1. The minimum absolute atomic E-state index is 0.309. The summed E-state index contributed by atoms with van der Waals surface area (Å²) in [4.78, 5) is 25.9. The van der Waals surface area contributed by atoms with E-state index in [1.54, 1.807) is 0 Å². The highest BCUT2D eigenvalue weighted by Gasteiger charge is 2.43. The van der Waals surface area contributed by atoms with Crippen molar-refractivity contribution in [2.75, 3.05) is 13.7 Å². The topological polar surface area (TPSA) is 65.5 Å². The molecule has 0 aliphatic carbocycles. The first-order valence-corrected chi connectivity index (χ1v) is 6.28. The molecule has 0 radical (unpaired) electrons. The van der Waals surface area contributed by atoms with Crippen LogP contribution in [0.1, 0.15) is 45.5 Å². The van der Waals surface area contributed by atoms with Crippen LogP contribution in [0.2, 0.25) is 5.02 Å². The van der Waals surface area contributed by atoms with Gasteiger partial charge in [0.1, 0.15) is 16.8 Å². The van der Waals surface area contributed by atoms with Gasteiger partial charge in [0.2, 0.25) is 0 Å². The van der Waals surface area contributed by atoms with Gasteiger partial charge in [0.05, 0.1) is 18.7 Å². The summed E-state index contributed by atoms with van der Waals surface area (Å²) in [5.41, 5.74) is -5.96. The molecular formula is C12H9ClF5NO4. The third kappa shape index (κ3) is 3.87. The first-order chi connectivity index (χ1) is 10.6. The van der Waals surface area contributed by atoms with E-state index in [9.17, 15) is 31.5 Å². The number of methoxy groups -OCH3 is 1. The SMILES string of the molecule is CCOC(=O)c1c(C(F)(F)F)nc(C(F)F)c(C(=O)OC)c1Cl. The van der Waals surface area contributed by atoms with Crippen LogP contribution in [0, 0.1) is 0 Å². The van der Waals surface area contributed by atoms with Crippen molar-refractivity contribution in [3.63, 3.8) is 0 Å². The lowest BCUT2D eigenvalue weighted by Gasteiger charge is -2.17. The molecule has 128 valence electrons. The largest absolute Gasteiger partial charge is 0.465 e. The third-order valence-corrected chi connectivity index (χ3v) is 2.89. The Labute approximate surface area is 131 Å². The van der Waals surface area contributed by atoms with Crippen LogP contribution in [0.5, 0.6) is 0 Å². The van der Waals surface area contributed by atoms with Crippen molar-refractivity contribution in [2.24, 2.45) is 0 Å². The van der Waals surface area contributed by atoms with Gasteiger partial charge < -0.3 is 9.47 Å². The van der Waals surface area contributed by atoms with Gasteiger partial charge in [0, 0.05) is 0 Å². The summed E-state index contributed by atoms with van der Waals surface area (Å²) in [6, 6.07) is 0. The molecule has 0 aliphatic rings. The molecule has 0 unspecified atom stereocenters. The molecule has 0 atom stereocenters. The molecular weight excluding hydrogens is 353 g/mol. The molecule has 1 aromatic rings. The summed E-state index contributed by atoms with van der Waals surface area (Å²) in [6.45, 7) is 0.998. The molecule has 0 N–H and O–H groups in total. The Morgan fingerprint density at radius 2 is 1.78 bits per heavy atom. The zero-order valence-electron chi connectivity index (χ0n) is 11.6. The van der Waals surface area contributed by atoms with Crippen molar-refractivity contribution in [1.29, 1.82) is 0 Å². The number of nitrogens with zero attached hydrogens (tertiary/aromatic N) is 1. The van der Waals surface area contributed by atoms with Crippen molar-refractivity contribution in [3.05, 3.63) is 27.5 Å². The highest BCUT2D eigenvalue weighted by molar-refractivity contribution is 6.36. The number of hydrogen-bond donors (Lipinski definition) is 0. The smallest absolute Gasteiger partial charge is 0.434 e. The van der Waals surface area contributed by atoms with Gasteiger partial charge in [0.25, 0.3) is 6.43 Å². The second kappa shape index (κ2) is 7.07. The zero-order chi connectivity index (χ0) is 17.9. The summed E-state index contributed by atoms with van der Waals surface area (Å²) in [6.07, 6.45) is -8.83. The van der Waals surface area contributed by atoms with E-state index in [0.717, 1.165) is 7.11 Å². The van der Waals surface area contributed by atoms with E-state index in [1.165, 1.54) is 6.92 Å². The fourth-order valence-corrected chi connectivity index (χ4v) is 1.96. The van der Waals surface area contributed by atoms with E-state index < -0.39 is 52.1 Å². The number of alkyl halides is 5.